The fraction of sp³-hybridized carbons (Fsp3) is 0.409. The number of halogens is 1. The number of nitrogens with zero attached hydrogens (tertiary/aromatic N) is 1. The molecule has 0 spiro atoms. The molecule has 0 saturated carbocycles. The van der Waals surface area contributed by atoms with Gasteiger partial charge in [-0.25, -0.2) is 17.5 Å². The number of likely N-dealkylation sites (tertiary alicyclic amines) is 1. The first-order valence-electron chi connectivity index (χ1n) is 9.81. The van der Waals surface area contributed by atoms with E-state index in [0.29, 0.717) is 17.5 Å². The second-order valence-electron chi connectivity index (χ2n) is 8.26. The average molecular weight is 435 g/mol. The van der Waals surface area contributed by atoms with Gasteiger partial charge in [-0.2, -0.15) is 0 Å². The second kappa shape index (κ2) is 8.45. The summed E-state index contributed by atoms with van der Waals surface area (Å²) in [5.41, 5.74) is -0.0439. The van der Waals surface area contributed by atoms with Crippen LogP contribution in [0.1, 0.15) is 25.8 Å². The van der Waals surface area contributed by atoms with Crippen LogP contribution in [0.3, 0.4) is 0 Å². The molecule has 8 heteroatoms. The number of carbonyl (C=O) groups is 1. The van der Waals surface area contributed by atoms with E-state index < -0.39 is 39.4 Å². The Kier molecular flexibility index (Phi) is 6.31. The van der Waals surface area contributed by atoms with Crippen molar-refractivity contribution in [2.75, 3.05) is 12.8 Å². The van der Waals surface area contributed by atoms with E-state index in [1.54, 1.807) is 18.2 Å². The van der Waals surface area contributed by atoms with E-state index in [2.05, 4.69) is 4.72 Å². The molecule has 2 atom stereocenters. The Labute approximate surface area is 176 Å². The minimum Gasteiger partial charge on any atom is -0.381 e. The van der Waals surface area contributed by atoms with E-state index in [-0.39, 0.29) is 13.0 Å². The van der Waals surface area contributed by atoms with Crippen LogP contribution in [0, 0.1) is 5.82 Å². The van der Waals surface area contributed by atoms with Crippen LogP contribution in [-0.4, -0.2) is 54.8 Å². The molecular weight excluding hydrogens is 407 g/mol. The lowest BCUT2D eigenvalue weighted by Gasteiger charge is -2.32. The molecular formula is C22H27FN2O4S. The molecule has 0 aromatic heterocycles. The molecule has 1 fully saturated rings. The number of amides is 1. The number of rotatable bonds is 6. The number of sulfonamides is 1. The first kappa shape index (κ1) is 22.4. The van der Waals surface area contributed by atoms with Crippen molar-refractivity contribution in [2.24, 2.45) is 0 Å². The molecule has 0 aliphatic carbocycles. The Morgan fingerprint density at radius 2 is 1.87 bits per heavy atom. The highest BCUT2D eigenvalue weighted by molar-refractivity contribution is 7.88. The van der Waals surface area contributed by atoms with Crippen molar-refractivity contribution in [3.63, 3.8) is 0 Å². The van der Waals surface area contributed by atoms with Crippen molar-refractivity contribution in [1.82, 2.24) is 9.62 Å². The van der Waals surface area contributed by atoms with Crippen LogP contribution in [-0.2, 0) is 21.2 Å². The first-order valence-corrected chi connectivity index (χ1v) is 11.7. The molecule has 1 amide bonds. The molecule has 6 nitrogen and oxygen atoms in total. The molecule has 0 bridgehead atoms. The average Bonchev–Trinajstić information content (AvgIpc) is 3.03. The lowest BCUT2D eigenvalue weighted by Crippen LogP contribution is -2.52. The maximum absolute atomic E-state index is 15.3. The lowest BCUT2D eigenvalue weighted by molar-refractivity contribution is -0.148. The summed E-state index contributed by atoms with van der Waals surface area (Å²) < 4.78 is 41.6. The molecule has 2 N–H and O–H groups in total. The van der Waals surface area contributed by atoms with Crippen LogP contribution in [0.25, 0.3) is 11.1 Å². The predicted molar refractivity (Wildman–Crippen MR) is 114 cm³/mol. The van der Waals surface area contributed by atoms with E-state index in [1.807, 2.05) is 30.3 Å². The van der Waals surface area contributed by atoms with Gasteiger partial charge in [0.2, 0.25) is 10.0 Å². The van der Waals surface area contributed by atoms with Gasteiger partial charge in [0.1, 0.15) is 11.4 Å². The molecule has 30 heavy (non-hydrogen) atoms. The van der Waals surface area contributed by atoms with Gasteiger partial charge in [-0.15, -0.1) is 0 Å². The third-order valence-corrected chi connectivity index (χ3v) is 6.02. The maximum Gasteiger partial charge on any atom is 0.254 e. The zero-order valence-electron chi connectivity index (χ0n) is 17.3. The first-order chi connectivity index (χ1) is 14.0. The Bertz CT molecular complexity index is 1020. The molecule has 2 aromatic rings. The number of benzene rings is 2. The molecule has 2 aromatic carbocycles. The number of aliphatic hydroxyl groups is 1. The highest BCUT2D eigenvalue weighted by Gasteiger charge is 2.42. The minimum absolute atomic E-state index is 0.127. The van der Waals surface area contributed by atoms with Gasteiger partial charge in [0, 0.05) is 18.2 Å². The molecule has 1 aliphatic rings. The van der Waals surface area contributed by atoms with Gasteiger partial charge >= 0.3 is 0 Å². The number of nitrogens with one attached hydrogen (secondary N) is 1. The third-order valence-electron chi connectivity index (χ3n) is 5.29. The fourth-order valence-electron chi connectivity index (χ4n) is 3.93. The van der Waals surface area contributed by atoms with Gasteiger partial charge in [-0.3, -0.25) is 4.79 Å². The number of carbonyl (C=O) groups excluding carboxylic acids is 1. The van der Waals surface area contributed by atoms with E-state index in [9.17, 15) is 18.3 Å². The van der Waals surface area contributed by atoms with Crippen molar-refractivity contribution >= 4 is 15.9 Å². The lowest BCUT2D eigenvalue weighted by atomic mass is 9.95. The minimum atomic E-state index is -3.52. The molecule has 0 unspecified atom stereocenters. The predicted octanol–water partition coefficient (Wildman–Crippen LogP) is 2.32. The van der Waals surface area contributed by atoms with Crippen LogP contribution in [0.4, 0.5) is 4.39 Å². The second-order valence-corrected chi connectivity index (χ2v) is 10.0. The summed E-state index contributed by atoms with van der Waals surface area (Å²) in [6.07, 6.45) is 1.57. The summed E-state index contributed by atoms with van der Waals surface area (Å²) in [6, 6.07) is 13.0. The molecule has 162 valence electrons. The Hall–Kier alpha value is -2.29. The van der Waals surface area contributed by atoms with E-state index in [4.69, 9.17) is 0 Å². The van der Waals surface area contributed by atoms with Crippen molar-refractivity contribution in [3.8, 4) is 11.1 Å². The number of hydrogen-bond donors (Lipinski definition) is 2. The number of hydrogen-bond acceptors (Lipinski definition) is 4. The summed E-state index contributed by atoms with van der Waals surface area (Å²) in [4.78, 5) is 14.2. The van der Waals surface area contributed by atoms with E-state index in [1.165, 1.54) is 18.7 Å². The molecule has 1 aliphatic heterocycles. The van der Waals surface area contributed by atoms with Gasteiger partial charge in [-0.1, -0.05) is 48.5 Å². The van der Waals surface area contributed by atoms with Crippen LogP contribution in [0.5, 0.6) is 0 Å². The SMILES string of the molecule is CC(C)(O)C(=O)N1CC[C@H](NS(C)(=O)=O)[C@@H]1Cc1cccc(-c2ccccc2)c1F. The van der Waals surface area contributed by atoms with Gasteiger partial charge in [-0.05, 0) is 37.8 Å². The molecule has 1 saturated heterocycles. The van der Waals surface area contributed by atoms with Crippen LogP contribution in [0.15, 0.2) is 48.5 Å². The van der Waals surface area contributed by atoms with Crippen LogP contribution in [0.2, 0.25) is 0 Å². The van der Waals surface area contributed by atoms with Crippen molar-refractivity contribution < 1.29 is 22.7 Å². The highest BCUT2D eigenvalue weighted by atomic mass is 32.2. The zero-order valence-corrected chi connectivity index (χ0v) is 18.1. The molecule has 3 rings (SSSR count). The summed E-state index contributed by atoms with van der Waals surface area (Å²) in [5.74, 6) is -0.908. The molecule has 0 radical (unpaired) electrons. The summed E-state index contributed by atoms with van der Waals surface area (Å²) in [5, 5.41) is 10.2. The van der Waals surface area contributed by atoms with Crippen molar-refractivity contribution in [2.45, 2.75) is 44.4 Å². The monoisotopic (exact) mass is 434 g/mol. The Balaban J connectivity index is 1.96. The summed E-state index contributed by atoms with van der Waals surface area (Å²) >= 11 is 0. The van der Waals surface area contributed by atoms with Crippen molar-refractivity contribution in [1.29, 1.82) is 0 Å². The van der Waals surface area contributed by atoms with E-state index in [0.717, 1.165) is 11.8 Å². The fourth-order valence-corrected chi connectivity index (χ4v) is 4.75. The zero-order chi connectivity index (χ0) is 22.1. The van der Waals surface area contributed by atoms with E-state index >= 15 is 4.39 Å². The topological polar surface area (TPSA) is 86.7 Å². The van der Waals surface area contributed by atoms with Gasteiger partial charge in [0.25, 0.3) is 5.91 Å². The highest BCUT2D eigenvalue weighted by Crippen LogP contribution is 2.30. The van der Waals surface area contributed by atoms with Gasteiger partial charge in [0.05, 0.1) is 12.3 Å². The van der Waals surface area contributed by atoms with Gasteiger partial charge < -0.3 is 10.0 Å². The van der Waals surface area contributed by atoms with Crippen LogP contribution < -0.4 is 4.72 Å². The quantitative estimate of drug-likeness (QED) is 0.731. The normalized spacial score (nSPS) is 19.8. The summed E-state index contributed by atoms with van der Waals surface area (Å²) in [7, 11) is -3.52. The Morgan fingerprint density at radius 3 is 2.47 bits per heavy atom. The van der Waals surface area contributed by atoms with Crippen molar-refractivity contribution in [3.05, 3.63) is 59.9 Å². The largest absolute Gasteiger partial charge is 0.381 e. The van der Waals surface area contributed by atoms with Crippen LogP contribution >= 0.6 is 0 Å². The third kappa shape index (κ3) is 5.06. The molecule has 1 heterocycles. The maximum atomic E-state index is 15.3. The van der Waals surface area contributed by atoms with Gasteiger partial charge in [0.15, 0.2) is 0 Å². The summed E-state index contributed by atoms with van der Waals surface area (Å²) in [6.45, 7) is 3.06. The Morgan fingerprint density at radius 1 is 1.20 bits per heavy atom. The standard InChI is InChI=1S/C22H27FN2O4S/c1-22(2,27)21(26)25-13-12-18(24-30(3,28)29)19(25)14-16-10-7-11-17(20(16)23)15-8-5-4-6-9-15/h4-11,18-19,24,27H,12-14H2,1-3H3/t18-,19-/m0/s1. The smallest absolute Gasteiger partial charge is 0.254 e.